The first kappa shape index (κ1) is 12.9. The predicted octanol–water partition coefficient (Wildman–Crippen LogP) is 2.89. The summed E-state index contributed by atoms with van der Waals surface area (Å²) in [5, 5.41) is 6.53. The Morgan fingerprint density at radius 2 is 2.22 bits per heavy atom. The van der Waals surface area contributed by atoms with Crippen molar-refractivity contribution in [2.75, 3.05) is 5.32 Å². The van der Waals surface area contributed by atoms with Crippen molar-refractivity contribution >= 4 is 11.6 Å². The van der Waals surface area contributed by atoms with Crippen LogP contribution in [0.1, 0.15) is 45.1 Å². The Bertz CT molecular complexity index is 430. The van der Waals surface area contributed by atoms with Crippen LogP contribution in [0.25, 0.3) is 0 Å². The zero-order valence-corrected chi connectivity index (χ0v) is 11.4. The molecule has 0 radical (unpaired) electrons. The van der Waals surface area contributed by atoms with E-state index in [0.717, 1.165) is 24.1 Å². The molecule has 1 aromatic carbocycles. The summed E-state index contributed by atoms with van der Waals surface area (Å²) in [5.41, 5.74) is 2.22. The van der Waals surface area contributed by atoms with Crippen LogP contribution in [-0.2, 0) is 4.79 Å². The summed E-state index contributed by atoms with van der Waals surface area (Å²) in [4.78, 5) is 12.3. The molecule has 18 heavy (non-hydrogen) atoms. The lowest BCUT2D eigenvalue weighted by Crippen LogP contribution is -2.39. The van der Waals surface area contributed by atoms with Crippen molar-refractivity contribution in [1.29, 1.82) is 0 Å². The van der Waals surface area contributed by atoms with Gasteiger partial charge in [-0.3, -0.25) is 4.79 Å². The van der Waals surface area contributed by atoms with Gasteiger partial charge >= 0.3 is 0 Å². The van der Waals surface area contributed by atoms with Crippen molar-refractivity contribution in [1.82, 2.24) is 5.32 Å². The first-order valence-electron chi connectivity index (χ1n) is 6.77. The molecule has 3 heteroatoms. The minimum Gasteiger partial charge on any atom is -0.382 e. The Morgan fingerprint density at radius 1 is 1.50 bits per heavy atom. The van der Waals surface area contributed by atoms with Gasteiger partial charge in [-0.15, -0.1) is 0 Å². The molecule has 0 saturated carbocycles. The van der Waals surface area contributed by atoms with Gasteiger partial charge in [0, 0.05) is 17.8 Å². The molecule has 0 spiro atoms. The van der Waals surface area contributed by atoms with E-state index in [4.69, 9.17) is 0 Å². The van der Waals surface area contributed by atoms with Crippen LogP contribution >= 0.6 is 0 Å². The second-order valence-corrected chi connectivity index (χ2v) is 5.24. The molecule has 0 bridgehead atoms. The molecule has 3 unspecified atom stereocenters. The lowest BCUT2D eigenvalue weighted by atomic mass is 9.86. The number of para-hydroxylation sites is 1. The number of carbonyl (C=O) groups excluding carboxylic acids is 1. The minimum atomic E-state index is -0.0218. The molecule has 1 heterocycles. The summed E-state index contributed by atoms with van der Waals surface area (Å²) in [6.45, 7) is 6.26. The fourth-order valence-corrected chi connectivity index (χ4v) is 2.43. The molecule has 0 aromatic heterocycles. The molecule has 3 nitrogen and oxygen atoms in total. The van der Waals surface area contributed by atoms with Crippen molar-refractivity contribution in [2.45, 2.75) is 51.6 Å². The van der Waals surface area contributed by atoms with E-state index in [1.807, 2.05) is 19.1 Å². The highest BCUT2D eigenvalue weighted by Gasteiger charge is 2.29. The quantitative estimate of drug-likeness (QED) is 0.861. The molecule has 3 atom stereocenters. The number of anilines is 1. The van der Waals surface area contributed by atoms with E-state index in [0.29, 0.717) is 6.04 Å². The molecule has 1 aliphatic rings. The van der Waals surface area contributed by atoms with Crippen LogP contribution in [0.5, 0.6) is 0 Å². The van der Waals surface area contributed by atoms with Gasteiger partial charge in [-0.2, -0.15) is 0 Å². The third kappa shape index (κ3) is 2.66. The number of hydrogen-bond acceptors (Lipinski definition) is 2. The van der Waals surface area contributed by atoms with Gasteiger partial charge in [0.2, 0.25) is 5.91 Å². The Labute approximate surface area is 109 Å². The van der Waals surface area contributed by atoms with Crippen molar-refractivity contribution in [3.05, 3.63) is 29.8 Å². The second-order valence-electron chi connectivity index (χ2n) is 5.24. The van der Waals surface area contributed by atoms with E-state index in [9.17, 15) is 4.79 Å². The number of amides is 1. The van der Waals surface area contributed by atoms with Gasteiger partial charge in [0.25, 0.3) is 0 Å². The average molecular weight is 246 g/mol. The van der Waals surface area contributed by atoms with Crippen molar-refractivity contribution in [2.24, 2.45) is 0 Å². The first-order chi connectivity index (χ1) is 8.61. The van der Waals surface area contributed by atoms with Crippen LogP contribution in [-0.4, -0.2) is 18.0 Å². The lowest BCUT2D eigenvalue weighted by molar-refractivity contribution is -0.123. The topological polar surface area (TPSA) is 41.1 Å². The highest BCUT2D eigenvalue weighted by molar-refractivity contribution is 5.86. The van der Waals surface area contributed by atoms with E-state index >= 15 is 0 Å². The summed E-state index contributed by atoms with van der Waals surface area (Å²) in [6.07, 6.45) is 1.83. The van der Waals surface area contributed by atoms with Gasteiger partial charge in [-0.1, -0.05) is 25.1 Å². The molecule has 1 amide bonds. The maximum atomic E-state index is 12.3. The molecule has 2 N–H and O–H groups in total. The summed E-state index contributed by atoms with van der Waals surface area (Å²) in [7, 11) is 0. The summed E-state index contributed by atoms with van der Waals surface area (Å²) in [5.74, 6) is 0.136. The van der Waals surface area contributed by atoms with E-state index in [-0.39, 0.29) is 17.9 Å². The minimum absolute atomic E-state index is 0.0218. The monoisotopic (exact) mass is 246 g/mol. The highest BCUT2D eigenvalue weighted by Crippen LogP contribution is 2.34. The molecule has 98 valence electrons. The van der Waals surface area contributed by atoms with Crippen LogP contribution in [0.3, 0.4) is 0 Å². The predicted molar refractivity (Wildman–Crippen MR) is 74.8 cm³/mol. The zero-order chi connectivity index (χ0) is 13.1. The van der Waals surface area contributed by atoms with Crippen molar-refractivity contribution < 1.29 is 4.79 Å². The molecule has 0 fully saturated rings. The molecular formula is C15H22N2O. The Balaban J connectivity index is 2.20. The largest absolute Gasteiger partial charge is 0.382 e. The fourth-order valence-electron chi connectivity index (χ4n) is 2.43. The lowest BCUT2D eigenvalue weighted by Gasteiger charge is -2.31. The molecule has 1 aliphatic heterocycles. The Kier molecular flexibility index (Phi) is 3.90. The number of hydrogen-bond donors (Lipinski definition) is 2. The average Bonchev–Trinajstić information content (AvgIpc) is 2.37. The standard InChI is InChI=1S/C15H22N2O/c1-4-10(2)17-15(18)13-9-11(3)16-14-8-6-5-7-12(13)14/h5-8,10-11,13,16H,4,9H2,1-3H3,(H,17,18). The fraction of sp³-hybridized carbons (Fsp3) is 0.533. The highest BCUT2D eigenvalue weighted by atomic mass is 16.1. The molecule has 0 aliphatic carbocycles. The molecule has 0 saturated heterocycles. The zero-order valence-electron chi connectivity index (χ0n) is 11.4. The van der Waals surface area contributed by atoms with Crippen LogP contribution in [0.15, 0.2) is 24.3 Å². The van der Waals surface area contributed by atoms with Gasteiger partial charge in [-0.25, -0.2) is 0 Å². The summed E-state index contributed by atoms with van der Waals surface area (Å²) in [6, 6.07) is 8.69. The number of carbonyl (C=O) groups is 1. The maximum absolute atomic E-state index is 12.3. The van der Waals surface area contributed by atoms with Gasteiger partial charge in [0.15, 0.2) is 0 Å². The van der Waals surface area contributed by atoms with Crippen LogP contribution < -0.4 is 10.6 Å². The SMILES string of the molecule is CCC(C)NC(=O)C1CC(C)Nc2ccccc21. The first-order valence-corrected chi connectivity index (χ1v) is 6.77. The summed E-state index contributed by atoms with van der Waals surface area (Å²) >= 11 is 0. The van der Waals surface area contributed by atoms with Crippen LogP contribution in [0, 0.1) is 0 Å². The molecule has 1 aromatic rings. The van der Waals surface area contributed by atoms with Gasteiger partial charge in [0.1, 0.15) is 0 Å². The third-order valence-corrected chi connectivity index (χ3v) is 3.64. The van der Waals surface area contributed by atoms with E-state index in [1.165, 1.54) is 0 Å². The van der Waals surface area contributed by atoms with E-state index in [2.05, 4.69) is 36.6 Å². The number of nitrogens with one attached hydrogen (secondary N) is 2. The third-order valence-electron chi connectivity index (χ3n) is 3.64. The number of rotatable bonds is 3. The number of fused-ring (bicyclic) bond motifs is 1. The Morgan fingerprint density at radius 3 is 2.94 bits per heavy atom. The van der Waals surface area contributed by atoms with Gasteiger partial charge in [-0.05, 0) is 38.3 Å². The summed E-state index contributed by atoms with van der Waals surface area (Å²) < 4.78 is 0. The number of benzene rings is 1. The molecule has 2 rings (SSSR count). The van der Waals surface area contributed by atoms with Gasteiger partial charge < -0.3 is 10.6 Å². The van der Waals surface area contributed by atoms with Crippen LogP contribution in [0.4, 0.5) is 5.69 Å². The smallest absolute Gasteiger partial charge is 0.227 e. The normalized spacial score (nSPS) is 23.7. The van der Waals surface area contributed by atoms with Gasteiger partial charge in [0.05, 0.1) is 5.92 Å². The van der Waals surface area contributed by atoms with Crippen LogP contribution in [0.2, 0.25) is 0 Å². The maximum Gasteiger partial charge on any atom is 0.227 e. The van der Waals surface area contributed by atoms with E-state index < -0.39 is 0 Å². The Hall–Kier alpha value is -1.51. The van der Waals surface area contributed by atoms with Crippen molar-refractivity contribution in [3.8, 4) is 0 Å². The van der Waals surface area contributed by atoms with E-state index in [1.54, 1.807) is 0 Å². The molecular weight excluding hydrogens is 224 g/mol. The van der Waals surface area contributed by atoms with Crippen molar-refractivity contribution in [3.63, 3.8) is 0 Å². The second kappa shape index (κ2) is 5.42.